The maximum absolute atomic E-state index is 13.1. The van der Waals surface area contributed by atoms with Gasteiger partial charge in [-0.1, -0.05) is 54.6 Å². The maximum Gasteiger partial charge on any atom is 0.224 e. The predicted molar refractivity (Wildman–Crippen MR) is 99.2 cm³/mol. The second kappa shape index (κ2) is 8.81. The average Bonchev–Trinajstić information content (AvgIpc) is 2.66. The lowest BCUT2D eigenvalue weighted by Gasteiger charge is -2.08. The molecule has 3 aromatic rings. The van der Waals surface area contributed by atoms with Gasteiger partial charge in [0.15, 0.2) is 0 Å². The van der Waals surface area contributed by atoms with Gasteiger partial charge in [0, 0.05) is 6.54 Å². The first kappa shape index (κ1) is 17.7. The third-order valence-corrected chi connectivity index (χ3v) is 3.92. The largest absolute Gasteiger partial charge is 0.489 e. The third kappa shape index (κ3) is 5.45. The van der Waals surface area contributed by atoms with Gasteiger partial charge in [0.2, 0.25) is 5.91 Å². The van der Waals surface area contributed by atoms with Crippen LogP contribution in [-0.4, -0.2) is 5.91 Å². The van der Waals surface area contributed by atoms with E-state index in [0.717, 1.165) is 16.9 Å². The number of carbonyl (C=O) groups is 1. The third-order valence-electron chi connectivity index (χ3n) is 3.92. The van der Waals surface area contributed by atoms with Gasteiger partial charge in [-0.2, -0.15) is 0 Å². The highest BCUT2D eigenvalue weighted by Crippen LogP contribution is 2.14. The van der Waals surface area contributed by atoms with Gasteiger partial charge < -0.3 is 10.1 Å². The van der Waals surface area contributed by atoms with Crippen molar-refractivity contribution in [3.8, 4) is 5.75 Å². The molecule has 0 radical (unpaired) electrons. The highest BCUT2D eigenvalue weighted by atomic mass is 19.1. The molecule has 0 heterocycles. The molecule has 0 aliphatic carbocycles. The molecule has 4 heteroatoms. The van der Waals surface area contributed by atoms with Crippen molar-refractivity contribution in [2.24, 2.45) is 0 Å². The standard InChI is InChI=1S/C22H20FNO2/c23-20-8-4-7-19(13-20)14-22(25)24-15-17-9-11-21(12-10-17)26-16-18-5-2-1-3-6-18/h1-13H,14-16H2,(H,24,25). The van der Waals surface area contributed by atoms with Crippen LogP contribution in [0.2, 0.25) is 0 Å². The van der Waals surface area contributed by atoms with Crippen molar-refractivity contribution in [3.05, 3.63) is 101 Å². The summed E-state index contributed by atoms with van der Waals surface area (Å²) in [6, 6.07) is 23.7. The van der Waals surface area contributed by atoms with Crippen LogP contribution in [0.3, 0.4) is 0 Å². The molecular formula is C22H20FNO2. The van der Waals surface area contributed by atoms with E-state index in [4.69, 9.17) is 4.74 Å². The zero-order valence-corrected chi connectivity index (χ0v) is 14.3. The molecule has 3 rings (SSSR count). The van der Waals surface area contributed by atoms with Gasteiger partial charge in [-0.15, -0.1) is 0 Å². The van der Waals surface area contributed by atoms with E-state index >= 15 is 0 Å². The molecule has 0 atom stereocenters. The monoisotopic (exact) mass is 349 g/mol. The number of ether oxygens (including phenoxy) is 1. The number of carbonyl (C=O) groups excluding carboxylic acids is 1. The Hall–Kier alpha value is -3.14. The first-order valence-corrected chi connectivity index (χ1v) is 8.46. The fraction of sp³-hybridized carbons (Fsp3) is 0.136. The molecule has 3 aromatic carbocycles. The highest BCUT2D eigenvalue weighted by Gasteiger charge is 2.04. The van der Waals surface area contributed by atoms with Gasteiger partial charge in [-0.05, 0) is 41.0 Å². The number of nitrogens with one attached hydrogen (secondary N) is 1. The second-order valence-corrected chi connectivity index (χ2v) is 6.00. The summed E-state index contributed by atoms with van der Waals surface area (Å²) in [6.45, 7) is 0.942. The highest BCUT2D eigenvalue weighted by molar-refractivity contribution is 5.78. The van der Waals surface area contributed by atoms with Crippen LogP contribution in [0, 0.1) is 5.82 Å². The topological polar surface area (TPSA) is 38.3 Å². The smallest absolute Gasteiger partial charge is 0.224 e. The molecule has 0 aromatic heterocycles. The zero-order valence-electron chi connectivity index (χ0n) is 14.3. The fourth-order valence-electron chi connectivity index (χ4n) is 2.54. The Balaban J connectivity index is 1.46. The summed E-state index contributed by atoms with van der Waals surface area (Å²) in [7, 11) is 0. The van der Waals surface area contributed by atoms with Crippen molar-refractivity contribution in [2.45, 2.75) is 19.6 Å². The van der Waals surface area contributed by atoms with Crippen LogP contribution >= 0.6 is 0 Å². The molecule has 1 N–H and O–H groups in total. The Kier molecular flexibility index (Phi) is 5.99. The summed E-state index contributed by atoms with van der Waals surface area (Å²) in [6.07, 6.45) is 0.163. The lowest BCUT2D eigenvalue weighted by Crippen LogP contribution is -2.24. The van der Waals surface area contributed by atoms with Crippen LogP contribution < -0.4 is 10.1 Å². The number of hydrogen-bond donors (Lipinski definition) is 1. The Morgan fingerprint density at radius 1 is 0.846 bits per heavy atom. The summed E-state index contributed by atoms with van der Waals surface area (Å²) in [5.41, 5.74) is 2.75. The SMILES string of the molecule is O=C(Cc1cccc(F)c1)NCc1ccc(OCc2ccccc2)cc1. The molecule has 0 saturated heterocycles. The Bertz CT molecular complexity index is 848. The zero-order chi connectivity index (χ0) is 18.2. The van der Waals surface area contributed by atoms with Crippen molar-refractivity contribution in [3.63, 3.8) is 0 Å². The van der Waals surface area contributed by atoms with Gasteiger partial charge in [0.1, 0.15) is 18.2 Å². The minimum absolute atomic E-state index is 0.139. The summed E-state index contributed by atoms with van der Waals surface area (Å²) < 4.78 is 18.9. The van der Waals surface area contributed by atoms with Crippen LogP contribution in [0.5, 0.6) is 5.75 Å². The van der Waals surface area contributed by atoms with E-state index < -0.39 is 0 Å². The van der Waals surface area contributed by atoms with Crippen molar-refractivity contribution in [1.29, 1.82) is 0 Å². The number of amides is 1. The van der Waals surface area contributed by atoms with Gasteiger partial charge in [0.05, 0.1) is 6.42 Å². The van der Waals surface area contributed by atoms with Crippen LogP contribution in [0.4, 0.5) is 4.39 Å². The van der Waals surface area contributed by atoms with Crippen LogP contribution in [-0.2, 0) is 24.4 Å². The summed E-state index contributed by atoms with van der Waals surface area (Å²) in [5.74, 6) is 0.310. The summed E-state index contributed by atoms with van der Waals surface area (Å²) in [5, 5.41) is 2.84. The fourth-order valence-corrected chi connectivity index (χ4v) is 2.54. The Morgan fingerprint density at radius 3 is 2.31 bits per heavy atom. The molecule has 0 saturated carbocycles. The van der Waals surface area contributed by atoms with E-state index in [0.29, 0.717) is 18.7 Å². The number of rotatable bonds is 7. The summed E-state index contributed by atoms with van der Waals surface area (Å²) in [4.78, 5) is 12.0. The van der Waals surface area contributed by atoms with Gasteiger partial charge in [0.25, 0.3) is 0 Å². The van der Waals surface area contributed by atoms with E-state index in [1.807, 2.05) is 54.6 Å². The Labute approximate surface area is 152 Å². The first-order chi connectivity index (χ1) is 12.7. The van der Waals surface area contributed by atoms with Crippen molar-refractivity contribution < 1.29 is 13.9 Å². The van der Waals surface area contributed by atoms with Crippen molar-refractivity contribution in [1.82, 2.24) is 5.32 Å². The number of benzene rings is 3. The summed E-state index contributed by atoms with van der Waals surface area (Å²) >= 11 is 0. The Morgan fingerprint density at radius 2 is 1.58 bits per heavy atom. The van der Waals surface area contributed by atoms with E-state index in [-0.39, 0.29) is 18.1 Å². The van der Waals surface area contributed by atoms with Crippen molar-refractivity contribution >= 4 is 5.91 Å². The molecule has 0 bridgehead atoms. The van der Waals surface area contributed by atoms with E-state index in [2.05, 4.69) is 5.32 Å². The molecule has 0 aliphatic rings. The second-order valence-electron chi connectivity index (χ2n) is 6.00. The molecule has 0 fully saturated rings. The quantitative estimate of drug-likeness (QED) is 0.692. The van der Waals surface area contributed by atoms with E-state index in [9.17, 15) is 9.18 Å². The minimum Gasteiger partial charge on any atom is -0.489 e. The molecule has 3 nitrogen and oxygen atoms in total. The molecule has 26 heavy (non-hydrogen) atoms. The van der Waals surface area contributed by atoms with Gasteiger partial charge >= 0.3 is 0 Å². The number of halogens is 1. The van der Waals surface area contributed by atoms with Crippen LogP contribution in [0.25, 0.3) is 0 Å². The molecule has 0 aliphatic heterocycles. The number of hydrogen-bond acceptors (Lipinski definition) is 2. The first-order valence-electron chi connectivity index (χ1n) is 8.46. The minimum atomic E-state index is -0.332. The molecular weight excluding hydrogens is 329 g/mol. The lowest BCUT2D eigenvalue weighted by atomic mass is 10.1. The average molecular weight is 349 g/mol. The van der Waals surface area contributed by atoms with Crippen LogP contribution in [0.1, 0.15) is 16.7 Å². The maximum atomic E-state index is 13.1. The van der Waals surface area contributed by atoms with E-state index in [1.165, 1.54) is 12.1 Å². The predicted octanol–water partition coefficient (Wildman–Crippen LogP) is 4.26. The molecule has 0 unspecified atom stereocenters. The lowest BCUT2D eigenvalue weighted by molar-refractivity contribution is -0.120. The molecule has 0 spiro atoms. The van der Waals surface area contributed by atoms with Gasteiger partial charge in [-0.25, -0.2) is 4.39 Å². The van der Waals surface area contributed by atoms with E-state index in [1.54, 1.807) is 12.1 Å². The molecule has 1 amide bonds. The van der Waals surface area contributed by atoms with Crippen LogP contribution in [0.15, 0.2) is 78.9 Å². The van der Waals surface area contributed by atoms with Gasteiger partial charge in [-0.3, -0.25) is 4.79 Å². The normalized spacial score (nSPS) is 10.3. The molecule has 132 valence electrons. The van der Waals surface area contributed by atoms with Crippen molar-refractivity contribution in [2.75, 3.05) is 0 Å².